The van der Waals surface area contributed by atoms with Gasteiger partial charge < -0.3 is 21.5 Å². The smallest absolute Gasteiger partial charge is 0.272 e. The minimum absolute atomic E-state index is 0.0531. The Balaban J connectivity index is 2.58. The molecule has 0 fully saturated rings. The first-order valence-corrected chi connectivity index (χ1v) is 11.2. The third-order valence-electron chi connectivity index (χ3n) is 4.47. The fraction of sp³-hybridized carbons (Fsp3) is 0.455. The van der Waals surface area contributed by atoms with Crippen LogP contribution in [0.5, 0.6) is 5.75 Å². The number of amides is 3. The van der Waals surface area contributed by atoms with Crippen LogP contribution in [0.3, 0.4) is 0 Å². The summed E-state index contributed by atoms with van der Waals surface area (Å²) in [5, 5.41) is 2.96. The van der Waals surface area contributed by atoms with Gasteiger partial charge in [-0.05, 0) is 69.9 Å². The summed E-state index contributed by atoms with van der Waals surface area (Å²) in [4.78, 5) is 39.9. The number of nitrogens with two attached hydrogens (primary N) is 2. The zero-order valence-corrected chi connectivity index (χ0v) is 19.9. The normalized spacial score (nSPS) is 12.2. The van der Waals surface area contributed by atoms with Crippen LogP contribution in [0.15, 0.2) is 24.3 Å². The van der Waals surface area contributed by atoms with Crippen molar-refractivity contribution in [2.24, 2.45) is 5.73 Å². The molecule has 10 heteroatoms. The predicted octanol–water partition coefficient (Wildman–Crippen LogP) is 2.95. The largest absolute Gasteiger partial charge is 0.494 e. The van der Waals surface area contributed by atoms with Crippen LogP contribution in [0.2, 0.25) is 0 Å². The average Bonchev–Trinajstić information content (AvgIpc) is 3.09. The quantitative estimate of drug-likeness (QED) is 0.524. The number of anilines is 2. The van der Waals surface area contributed by atoms with Gasteiger partial charge >= 0.3 is 0 Å². The van der Waals surface area contributed by atoms with Crippen LogP contribution in [0.4, 0.5) is 11.4 Å². The van der Waals surface area contributed by atoms with Crippen LogP contribution in [-0.4, -0.2) is 40.3 Å². The maximum Gasteiger partial charge on any atom is 0.272 e. The highest BCUT2D eigenvalue weighted by atomic mass is 32.1. The summed E-state index contributed by atoms with van der Waals surface area (Å²) >= 11 is 0.784. The standard InChI is InChI=1S/C22H31N5O4S/c1-6-8-15(20(29)25-22(3,4)5)27(13-9-11-14(12-10-13)31-7-2)21(30)18-16(23)17(19(24)28)26-32-18/h9-12,15H,6-8,23H2,1-5H3,(H2,24,28)(H,25,29)/t15-/m0/s1. The van der Waals surface area contributed by atoms with E-state index < -0.39 is 23.4 Å². The summed E-state index contributed by atoms with van der Waals surface area (Å²) in [6.45, 7) is 9.93. The van der Waals surface area contributed by atoms with E-state index in [0.29, 0.717) is 30.9 Å². The molecule has 0 spiro atoms. The minimum Gasteiger partial charge on any atom is -0.494 e. The van der Waals surface area contributed by atoms with Gasteiger partial charge in [0.25, 0.3) is 11.8 Å². The van der Waals surface area contributed by atoms with Crippen molar-refractivity contribution in [2.45, 2.75) is 59.0 Å². The second kappa shape index (κ2) is 10.4. The van der Waals surface area contributed by atoms with E-state index in [-0.39, 0.29) is 22.2 Å². The van der Waals surface area contributed by atoms with E-state index in [1.54, 1.807) is 24.3 Å². The van der Waals surface area contributed by atoms with Crippen molar-refractivity contribution in [3.8, 4) is 5.75 Å². The molecule has 9 nitrogen and oxygen atoms in total. The van der Waals surface area contributed by atoms with Crippen molar-refractivity contribution in [2.75, 3.05) is 17.2 Å². The van der Waals surface area contributed by atoms with Crippen LogP contribution in [-0.2, 0) is 4.79 Å². The minimum atomic E-state index is -0.819. The number of hydrogen-bond acceptors (Lipinski definition) is 7. The molecular weight excluding hydrogens is 430 g/mol. The molecule has 0 bridgehead atoms. The van der Waals surface area contributed by atoms with Gasteiger partial charge in [0, 0.05) is 11.2 Å². The molecule has 32 heavy (non-hydrogen) atoms. The Morgan fingerprint density at radius 2 is 1.81 bits per heavy atom. The number of nitrogen functional groups attached to an aromatic ring is 1. The van der Waals surface area contributed by atoms with Gasteiger partial charge in [-0.15, -0.1) is 0 Å². The Morgan fingerprint density at radius 3 is 2.28 bits per heavy atom. The summed E-state index contributed by atoms with van der Waals surface area (Å²) < 4.78 is 9.43. The van der Waals surface area contributed by atoms with E-state index in [2.05, 4.69) is 9.69 Å². The first kappa shape index (κ1) is 25.1. The lowest BCUT2D eigenvalue weighted by Gasteiger charge is -2.33. The maximum atomic E-state index is 13.7. The third kappa shape index (κ3) is 5.97. The van der Waals surface area contributed by atoms with Gasteiger partial charge in [0.15, 0.2) is 5.69 Å². The Kier molecular flexibility index (Phi) is 8.20. The second-order valence-corrected chi connectivity index (χ2v) is 9.06. The van der Waals surface area contributed by atoms with Gasteiger partial charge in [-0.2, -0.15) is 4.37 Å². The molecular formula is C22H31N5O4S. The topological polar surface area (TPSA) is 141 Å². The molecule has 2 rings (SSSR count). The van der Waals surface area contributed by atoms with E-state index in [1.165, 1.54) is 4.90 Å². The number of carbonyl (C=O) groups excluding carboxylic acids is 3. The monoisotopic (exact) mass is 461 g/mol. The van der Waals surface area contributed by atoms with Gasteiger partial charge in [0.1, 0.15) is 16.7 Å². The van der Waals surface area contributed by atoms with Crippen molar-refractivity contribution in [1.82, 2.24) is 9.69 Å². The first-order valence-electron chi connectivity index (χ1n) is 10.4. The van der Waals surface area contributed by atoms with Crippen molar-refractivity contribution in [3.63, 3.8) is 0 Å². The lowest BCUT2D eigenvalue weighted by Crippen LogP contribution is -2.54. The average molecular weight is 462 g/mol. The molecule has 3 amide bonds. The molecule has 1 aromatic carbocycles. The van der Waals surface area contributed by atoms with Gasteiger partial charge in [-0.1, -0.05) is 13.3 Å². The van der Waals surface area contributed by atoms with Crippen LogP contribution in [0.1, 0.15) is 67.6 Å². The lowest BCUT2D eigenvalue weighted by atomic mass is 10.0. The number of primary amides is 1. The van der Waals surface area contributed by atoms with E-state index in [1.807, 2.05) is 34.6 Å². The molecule has 0 saturated heterocycles. The van der Waals surface area contributed by atoms with Crippen LogP contribution >= 0.6 is 11.5 Å². The highest BCUT2D eigenvalue weighted by Gasteiger charge is 2.35. The number of rotatable bonds is 9. The maximum absolute atomic E-state index is 13.7. The van der Waals surface area contributed by atoms with Crippen molar-refractivity contribution >= 4 is 40.6 Å². The van der Waals surface area contributed by atoms with Gasteiger partial charge in [-0.3, -0.25) is 19.3 Å². The Bertz CT molecular complexity index is 966. The van der Waals surface area contributed by atoms with Crippen molar-refractivity contribution < 1.29 is 19.1 Å². The molecule has 1 heterocycles. The summed E-state index contributed by atoms with van der Waals surface area (Å²) in [5.41, 5.74) is 11.1. The molecule has 0 radical (unpaired) electrons. The molecule has 0 aliphatic rings. The molecule has 0 saturated carbocycles. The second-order valence-electron chi connectivity index (χ2n) is 8.28. The Morgan fingerprint density at radius 1 is 1.19 bits per heavy atom. The van der Waals surface area contributed by atoms with Gasteiger partial charge in [0.2, 0.25) is 5.91 Å². The van der Waals surface area contributed by atoms with Gasteiger partial charge in [-0.25, -0.2) is 0 Å². The summed E-state index contributed by atoms with van der Waals surface area (Å²) in [7, 11) is 0. The van der Waals surface area contributed by atoms with Crippen LogP contribution < -0.4 is 26.4 Å². The Labute approximate surface area is 192 Å². The fourth-order valence-corrected chi connectivity index (χ4v) is 3.89. The first-order chi connectivity index (χ1) is 15.0. The van der Waals surface area contributed by atoms with Gasteiger partial charge in [0.05, 0.1) is 12.3 Å². The highest BCUT2D eigenvalue weighted by molar-refractivity contribution is 7.09. The van der Waals surface area contributed by atoms with Crippen molar-refractivity contribution in [3.05, 3.63) is 34.8 Å². The van der Waals surface area contributed by atoms with E-state index in [0.717, 1.165) is 11.5 Å². The number of hydrogen-bond donors (Lipinski definition) is 3. The Hall–Kier alpha value is -3.14. The van der Waals surface area contributed by atoms with Crippen LogP contribution in [0.25, 0.3) is 0 Å². The molecule has 0 aliphatic heterocycles. The number of aromatic nitrogens is 1. The van der Waals surface area contributed by atoms with E-state index in [4.69, 9.17) is 16.2 Å². The zero-order chi connectivity index (χ0) is 24.1. The number of nitrogens with zero attached hydrogens (tertiary/aromatic N) is 2. The number of carbonyl (C=O) groups is 3. The molecule has 5 N–H and O–H groups in total. The fourth-order valence-electron chi connectivity index (χ4n) is 3.15. The molecule has 174 valence electrons. The predicted molar refractivity (Wildman–Crippen MR) is 126 cm³/mol. The molecule has 1 aromatic heterocycles. The summed E-state index contributed by atoms with van der Waals surface area (Å²) in [6, 6.07) is 6.08. The third-order valence-corrected chi connectivity index (χ3v) is 5.33. The molecule has 1 atom stereocenters. The zero-order valence-electron chi connectivity index (χ0n) is 19.1. The lowest BCUT2D eigenvalue weighted by molar-refractivity contribution is -0.123. The SMILES string of the molecule is CCC[C@@H](C(=O)NC(C)(C)C)N(C(=O)c1snc(C(N)=O)c1N)c1ccc(OCC)cc1. The number of ether oxygens (including phenoxy) is 1. The van der Waals surface area contributed by atoms with Crippen molar-refractivity contribution in [1.29, 1.82) is 0 Å². The van der Waals surface area contributed by atoms with E-state index >= 15 is 0 Å². The molecule has 2 aromatic rings. The van der Waals surface area contributed by atoms with E-state index in [9.17, 15) is 14.4 Å². The summed E-state index contributed by atoms with van der Waals surface area (Å²) in [6.07, 6.45) is 1.08. The summed E-state index contributed by atoms with van der Waals surface area (Å²) in [5.74, 6) is -0.997. The highest BCUT2D eigenvalue weighted by Crippen LogP contribution is 2.30. The number of nitrogens with one attached hydrogen (secondary N) is 1. The molecule has 0 aliphatic carbocycles. The number of benzene rings is 1. The van der Waals surface area contributed by atoms with Crippen LogP contribution in [0, 0.1) is 0 Å². The molecule has 0 unspecified atom stereocenters.